The molecule has 14 heavy (non-hydrogen) atoms. The molecule has 81 valence electrons. The average molecular weight is 197 g/mol. The van der Waals surface area contributed by atoms with Gasteiger partial charge in [-0.3, -0.25) is 0 Å². The summed E-state index contributed by atoms with van der Waals surface area (Å²) < 4.78 is 5.38. The van der Waals surface area contributed by atoms with E-state index in [4.69, 9.17) is 4.74 Å². The molecule has 2 heteroatoms. The van der Waals surface area contributed by atoms with Crippen molar-refractivity contribution in [3.8, 4) is 0 Å². The van der Waals surface area contributed by atoms with Crippen molar-refractivity contribution in [2.45, 2.75) is 33.6 Å². The highest BCUT2D eigenvalue weighted by molar-refractivity contribution is 4.98. The monoisotopic (exact) mass is 197 g/mol. The van der Waals surface area contributed by atoms with E-state index in [9.17, 15) is 5.11 Å². The Morgan fingerprint density at radius 1 is 1.21 bits per heavy atom. The Morgan fingerprint density at radius 2 is 1.93 bits per heavy atom. The smallest absolute Gasteiger partial charge is 0.103 e. The molecule has 1 radical (unpaired) electrons. The maximum absolute atomic E-state index is 10.4. The zero-order chi connectivity index (χ0) is 10.8. The molecule has 0 atom stereocenters. The zero-order valence-electron chi connectivity index (χ0n) is 9.51. The second kappa shape index (κ2) is 8.97. The van der Waals surface area contributed by atoms with Crippen LogP contribution in [0.5, 0.6) is 0 Å². The summed E-state index contributed by atoms with van der Waals surface area (Å²) in [5.41, 5.74) is 2.25. The lowest BCUT2D eigenvalue weighted by atomic mass is 10.2. The fraction of sp³-hybridized carbons (Fsp3) is 0.667. The minimum atomic E-state index is -0.102. The van der Waals surface area contributed by atoms with Crippen molar-refractivity contribution in [3.05, 3.63) is 23.3 Å². The van der Waals surface area contributed by atoms with Gasteiger partial charge in [-0.25, -0.2) is 5.11 Å². The number of allylic oxidation sites excluding steroid dienone is 1. The first-order chi connectivity index (χ1) is 6.70. The molecule has 0 heterocycles. The summed E-state index contributed by atoms with van der Waals surface area (Å²) in [5, 5.41) is 10.4. The molecule has 0 fully saturated rings. The second-order valence-corrected chi connectivity index (χ2v) is 3.46. The lowest BCUT2D eigenvalue weighted by Crippen LogP contribution is -1.94. The van der Waals surface area contributed by atoms with Gasteiger partial charge in [0.25, 0.3) is 0 Å². The Bertz CT molecular complexity index is 170. The SMILES string of the molecule is CCC(C)=CCOCCC=C(C)C[O]. The minimum absolute atomic E-state index is 0.102. The molecule has 0 aliphatic carbocycles. The highest BCUT2D eigenvalue weighted by atomic mass is 16.5. The molecule has 0 aromatic rings. The molecule has 0 aliphatic rings. The van der Waals surface area contributed by atoms with Crippen LogP contribution in [0.25, 0.3) is 0 Å². The zero-order valence-corrected chi connectivity index (χ0v) is 9.51. The molecular formula is C12H21O2. The van der Waals surface area contributed by atoms with Crippen LogP contribution in [0.3, 0.4) is 0 Å². The number of hydrogen-bond donors (Lipinski definition) is 0. The van der Waals surface area contributed by atoms with Gasteiger partial charge < -0.3 is 4.74 Å². The highest BCUT2D eigenvalue weighted by Crippen LogP contribution is 1.98. The van der Waals surface area contributed by atoms with Crippen LogP contribution in [0.4, 0.5) is 0 Å². The predicted molar refractivity (Wildman–Crippen MR) is 58.8 cm³/mol. The lowest BCUT2D eigenvalue weighted by Gasteiger charge is -2.00. The molecule has 0 aliphatic heterocycles. The van der Waals surface area contributed by atoms with E-state index < -0.39 is 0 Å². The van der Waals surface area contributed by atoms with E-state index in [2.05, 4.69) is 19.9 Å². The Hall–Kier alpha value is -0.600. The molecule has 0 aromatic heterocycles. The number of rotatable bonds is 7. The van der Waals surface area contributed by atoms with Gasteiger partial charge in [-0.2, -0.15) is 0 Å². The van der Waals surface area contributed by atoms with E-state index in [1.165, 1.54) is 5.57 Å². The summed E-state index contributed by atoms with van der Waals surface area (Å²) in [6, 6.07) is 0. The van der Waals surface area contributed by atoms with Crippen LogP contribution in [0.2, 0.25) is 0 Å². The fourth-order valence-corrected chi connectivity index (χ4v) is 0.876. The second-order valence-electron chi connectivity index (χ2n) is 3.46. The largest absolute Gasteiger partial charge is 0.377 e. The van der Waals surface area contributed by atoms with Crippen LogP contribution in [0, 0.1) is 0 Å². The quantitative estimate of drug-likeness (QED) is 0.455. The van der Waals surface area contributed by atoms with Gasteiger partial charge in [-0.1, -0.05) is 24.6 Å². The van der Waals surface area contributed by atoms with E-state index in [0.29, 0.717) is 13.2 Å². The average Bonchev–Trinajstić information content (AvgIpc) is 2.22. The van der Waals surface area contributed by atoms with Crippen molar-refractivity contribution in [2.24, 2.45) is 0 Å². The lowest BCUT2D eigenvalue weighted by molar-refractivity contribution is 0.166. The maximum Gasteiger partial charge on any atom is 0.103 e. The van der Waals surface area contributed by atoms with Gasteiger partial charge in [0, 0.05) is 0 Å². The standard InChI is InChI=1S/C12H21O2/c1-4-11(2)7-9-14-8-5-6-12(3)10-13/h6-7H,4-5,8-10H2,1-3H3. The summed E-state index contributed by atoms with van der Waals surface area (Å²) in [4.78, 5) is 0. The first kappa shape index (κ1) is 13.4. The van der Waals surface area contributed by atoms with Crippen LogP contribution < -0.4 is 0 Å². The van der Waals surface area contributed by atoms with E-state index >= 15 is 0 Å². The van der Waals surface area contributed by atoms with Crippen molar-refractivity contribution in [3.63, 3.8) is 0 Å². The topological polar surface area (TPSA) is 29.1 Å². The predicted octanol–water partition coefficient (Wildman–Crippen LogP) is 3.13. The molecule has 0 unspecified atom stereocenters. The minimum Gasteiger partial charge on any atom is -0.377 e. The van der Waals surface area contributed by atoms with Gasteiger partial charge in [0.2, 0.25) is 0 Å². The van der Waals surface area contributed by atoms with Crippen molar-refractivity contribution in [2.75, 3.05) is 19.8 Å². The van der Waals surface area contributed by atoms with E-state index in [1.807, 2.05) is 13.0 Å². The molecule has 0 saturated heterocycles. The summed E-state index contributed by atoms with van der Waals surface area (Å²) in [6.07, 6.45) is 5.97. The molecular weight excluding hydrogens is 176 g/mol. The third kappa shape index (κ3) is 8.02. The van der Waals surface area contributed by atoms with Crippen molar-refractivity contribution >= 4 is 0 Å². The van der Waals surface area contributed by atoms with Gasteiger partial charge in [0.05, 0.1) is 13.2 Å². The van der Waals surface area contributed by atoms with Gasteiger partial charge in [-0.15, -0.1) is 0 Å². The maximum atomic E-state index is 10.4. The van der Waals surface area contributed by atoms with Crippen LogP contribution >= 0.6 is 0 Å². The Kier molecular flexibility index (Phi) is 8.59. The number of hydrogen-bond acceptors (Lipinski definition) is 1. The molecule has 0 aromatic carbocycles. The van der Waals surface area contributed by atoms with Gasteiger partial charge in [0.15, 0.2) is 0 Å². The van der Waals surface area contributed by atoms with Crippen LogP contribution in [-0.2, 0) is 9.84 Å². The normalized spacial score (nSPS) is 13.4. The molecule has 0 saturated carbocycles. The van der Waals surface area contributed by atoms with Crippen molar-refractivity contribution in [1.29, 1.82) is 0 Å². The molecule has 0 N–H and O–H groups in total. The first-order valence-corrected chi connectivity index (χ1v) is 5.17. The summed E-state index contributed by atoms with van der Waals surface area (Å²) in [7, 11) is 0. The van der Waals surface area contributed by atoms with Crippen molar-refractivity contribution in [1.82, 2.24) is 0 Å². The van der Waals surface area contributed by atoms with Gasteiger partial charge >= 0.3 is 0 Å². The molecule has 2 nitrogen and oxygen atoms in total. The third-order valence-corrected chi connectivity index (χ3v) is 2.09. The van der Waals surface area contributed by atoms with E-state index in [0.717, 1.165) is 18.4 Å². The van der Waals surface area contributed by atoms with Gasteiger partial charge in [0.1, 0.15) is 6.61 Å². The third-order valence-electron chi connectivity index (χ3n) is 2.09. The van der Waals surface area contributed by atoms with Crippen LogP contribution in [0.15, 0.2) is 23.3 Å². The molecule has 0 spiro atoms. The Balaban J connectivity index is 3.39. The molecule has 0 rings (SSSR count). The van der Waals surface area contributed by atoms with Crippen LogP contribution in [0.1, 0.15) is 33.6 Å². The molecule has 0 bridgehead atoms. The van der Waals surface area contributed by atoms with Gasteiger partial charge in [-0.05, 0) is 32.3 Å². The first-order valence-electron chi connectivity index (χ1n) is 5.17. The number of ether oxygens (including phenoxy) is 1. The highest BCUT2D eigenvalue weighted by Gasteiger charge is 1.88. The summed E-state index contributed by atoms with van der Waals surface area (Å²) in [5.74, 6) is 0. The van der Waals surface area contributed by atoms with Crippen LogP contribution in [-0.4, -0.2) is 19.8 Å². The summed E-state index contributed by atoms with van der Waals surface area (Å²) in [6.45, 7) is 7.37. The summed E-state index contributed by atoms with van der Waals surface area (Å²) >= 11 is 0. The van der Waals surface area contributed by atoms with E-state index in [1.54, 1.807) is 0 Å². The molecule has 0 amide bonds. The fourth-order valence-electron chi connectivity index (χ4n) is 0.876. The Morgan fingerprint density at radius 3 is 2.50 bits per heavy atom. The van der Waals surface area contributed by atoms with Crippen molar-refractivity contribution < 1.29 is 9.84 Å². The van der Waals surface area contributed by atoms with E-state index in [-0.39, 0.29) is 6.61 Å². The Labute approximate surface area is 87.3 Å².